The number of imidazole rings is 1. The molecule has 0 fully saturated rings. The van der Waals surface area contributed by atoms with Gasteiger partial charge in [0.25, 0.3) is 0 Å². The molecule has 1 aliphatic heterocycles. The molecule has 98 valence electrons. The summed E-state index contributed by atoms with van der Waals surface area (Å²) in [5.41, 5.74) is 2.04. The molecule has 0 radical (unpaired) electrons. The standard InChI is InChI=1S/C15H16N2O2/c1-10-5-6-14-16-13(9-17(14)8-10)11-3-2-4-12(7-11)15(18)19/h2-4,7,9-10H,5-6,8H2,1H3,(H,18,19). The molecule has 0 aliphatic carbocycles. The number of nitrogens with zero attached hydrogens (tertiary/aromatic N) is 2. The van der Waals surface area contributed by atoms with Crippen molar-refractivity contribution in [2.24, 2.45) is 5.92 Å². The summed E-state index contributed by atoms with van der Waals surface area (Å²) in [5, 5.41) is 9.03. The van der Waals surface area contributed by atoms with Crippen LogP contribution in [0.5, 0.6) is 0 Å². The third kappa shape index (κ3) is 2.26. The molecule has 3 rings (SSSR count). The van der Waals surface area contributed by atoms with E-state index in [4.69, 9.17) is 5.11 Å². The lowest BCUT2D eigenvalue weighted by atomic mass is 10.0. The fourth-order valence-electron chi connectivity index (χ4n) is 2.57. The zero-order valence-corrected chi connectivity index (χ0v) is 10.8. The van der Waals surface area contributed by atoms with Gasteiger partial charge in [0.15, 0.2) is 0 Å². The van der Waals surface area contributed by atoms with Crippen LogP contribution in [0.15, 0.2) is 30.5 Å². The van der Waals surface area contributed by atoms with Gasteiger partial charge in [0.1, 0.15) is 5.82 Å². The molecule has 0 saturated heterocycles. The summed E-state index contributed by atoms with van der Waals surface area (Å²) in [5.74, 6) is 0.883. The van der Waals surface area contributed by atoms with E-state index in [-0.39, 0.29) is 0 Å². The van der Waals surface area contributed by atoms with Gasteiger partial charge in [-0.1, -0.05) is 19.1 Å². The lowest BCUT2D eigenvalue weighted by Gasteiger charge is -2.19. The van der Waals surface area contributed by atoms with Crippen molar-refractivity contribution >= 4 is 5.97 Å². The zero-order chi connectivity index (χ0) is 13.4. The Balaban J connectivity index is 1.99. The number of aromatic carboxylic acids is 1. The Morgan fingerprint density at radius 1 is 1.47 bits per heavy atom. The van der Waals surface area contributed by atoms with E-state index in [9.17, 15) is 4.79 Å². The number of carbonyl (C=O) groups is 1. The quantitative estimate of drug-likeness (QED) is 0.898. The second-order valence-electron chi connectivity index (χ2n) is 5.22. The van der Waals surface area contributed by atoms with Gasteiger partial charge in [-0.2, -0.15) is 0 Å². The highest BCUT2D eigenvalue weighted by atomic mass is 16.4. The zero-order valence-electron chi connectivity index (χ0n) is 10.8. The smallest absolute Gasteiger partial charge is 0.335 e. The second kappa shape index (κ2) is 4.53. The molecule has 1 N–H and O–H groups in total. The summed E-state index contributed by atoms with van der Waals surface area (Å²) in [6.45, 7) is 3.24. The first kappa shape index (κ1) is 12.0. The van der Waals surface area contributed by atoms with Crippen LogP contribution in [0.3, 0.4) is 0 Å². The van der Waals surface area contributed by atoms with Gasteiger partial charge in [0.05, 0.1) is 11.3 Å². The average Bonchev–Trinajstić information content (AvgIpc) is 2.81. The number of hydrogen-bond donors (Lipinski definition) is 1. The minimum absolute atomic E-state index is 0.303. The maximum Gasteiger partial charge on any atom is 0.335 e. The third-order valence-corrected chi connectivity index (χ3v) is 3.63. The van der Waals surface area contributed by atoms with Crippen molar-refractivity contribution in [3.8, 4) is 11.3 Å². The Labute approximate surface area is 111 Å². The van der Waals surface area contributed by atoms with Crippen LogP contribution in [-0.2, 0) is 13.0 Å². The van der Waals surface area contributed by atoms with E-state index in [1.165, 1.54) is 6.42 Å². The molecular formula is C15H16N2O2. The summed E-state index contributed by atoms with van der Waals surface area (Å²) >= 11 is 0. The van der Waals surface area contributed by atoms with E-state index in [2.05, 4.69) is 16.5 Å². The monoisotopic (exact) mass is 256 g/mol. The van der Waals surface area contributed by atoms with Crippen molar-refractivity contribution in [2.45, 2.75) is 26.3 Å². The summed E-state index contributed by atoms with van der Waals surface area (Å²) in [6, 6.07) is 6.95. The van der Waals surface area contributed by atoms with E-state index < -0.39 is 5.97 Å². The van der Waals surface area contributed by atoms with Crippen LogP contribution in [-0.4, -0.2) is 20.6 Å². The number of fused-ring (bicyclic) bond motifs is 1. The topological polar surface area (TPSA) is 55.1 Å². The number of carboxylic acids is 1. The Morgan fingerprint density at radius 2 is 2.32 bits per heavy atom. The fraction of sp³-hybridized carbons (Fsp3) is 0.333. The number of aryl methyl sites for hydroxylation is 1. The van der Waals surface area contributed by atoms with Gasteiger partial charge in [-0.05, 0) is 24.5 Å². The minimum atomic E-state index is -0.903. The summed E-state index contributed by atoms with van der Waals surface area (Å²) in [4.78, 5) is 15.6. The highest BCUT2D eigenvalue weighted by molar-refractivity contribution is 5.89. The van der Waals surface area contributed by atoms with Crippen LogP contribution in [0.1, 0.15) is 29.5 Å². The van der Waals surface area contributed by atoms with Crippen LogP contribution < -0.4 is 0 Å². The highest BCUT2D eigenvalue weighted by Gasteiger charge is 2.18. The maximum atomic E-state index is 11.0. The van der Waals surface area contributed by atoms with Crippen LogP contribution in [0.2, 0.25) is 0 Å². The molecule has 1 atom stereocenters. The normalized spacial score (nSPS) is 18.1. The molecule has 1 aliphatic rings. The number of hydrogen-bond acceptors (Lipinski definition) is 2. The first-order chi connectivity index (χ1) is 9.13. The molecule has 0 saturated carbocycles. The van der Waals surface area contributed by atoms with E-state index in [1.54, 1.807) is 18.2 Å². The molecule has 1 aromatic heterocycles. The fourth-order valence-corrected chi connectivity index (χ4v) is 2.57. The van der Waals surface area contributed by atoms with E-state index in [1.807, 2.05) is 12.3 Å². The maximum absolute atomic E-state index is 11.0. The van der Waals surface area contributed by atoms with Crippen LogP contribution in [0, 0.1) is 5.92 Å². The summed E-state index contributed by atoms with van der Waals surface area (Å²) in [6.07, 6.45) is 4.21. The average molecular weight is 256 g/mol. The van der Waals surface area contributed by atoms with Gasteiger partial charge < -0.3 is 9.67 Å². The summed E-state index contributed by atoms with van der Waals surface area (Å²) in [7, 11) is 0. The van der Waals surface area contributed by atoms with Crippen LogP contribution in [0.25, 0.3) is 11.3 Å². The van der Waals surface area contributed by atoms with E-state index >= 15 is 0 Å². The number of aromatic nitrogens is 2. The molecular weight excluding hydrogens is 240 g/mol. The van der Waals surface area contributed by atoms with Crippen molar-refractivity contribution in [1.82, 2.24) is 9.55 Å². The highest BCUT2D eigenvalue weighted by Crippen LogP contribution is 2.25. The molecule has 2 aromatic rings. The van der Waals surface area contributed by atoms with E-state index in [0.29, 0.717) is 11.5 Å². The number of carboxylic acid groups (broad SMARTS) is 1. The van der Waals surface area contributed by atoms with Gasteiger partial charge in [0.2, 0.25) is 0 Å². The van der Waals surface area contributed by atoms with Crippen molar-refractivity contribution in [3.05, 3.63) is 41.9 Å². The summed E-state index contributed by atoms with van der Waals surface area (Å²) < 4.78 is 2.19. The Kier molecular flexibility index (Phi) is 2.85. The molecule has 19 heavy (non-hydrogen) atoms. The molecule has 0 bridgehead atoms. The molecule has 1 unspecified atom stereocenters. The van der Waals surface area contributed by atoms with Crippen molar-refractivity contribution < 1.29 is 9.90 Å². The lowest BCUT2D eigenvalue weighted by molar-refractivity contribution is 0.0697. The Morgan fingerprint density at radius 3 is 3.11 bits per heavy atom. The van der Waals surface area contributed by atoms with Gasteiger partial charge >= 0.3 is 5.97 Å². The molecule has 0 amide bonds. The third-order valence-electron chi connectivity index (χ3n) is 3.63. The van der Waals surface area contributed by atoms with E-state index in [0.717, 1.165) is 30.0 Å². The first-order valence-electron chi connectivity index (χ1n) is 6.53. The predicted molar refractivity (Wildman–Crippen MR) is 72.1 cm³/mol. The molecule has 4 heteroatoms. The Hall–Kier alpha value is -2.10. The van der Waals surface area contributed by atoms with Gasteiger partial charge in [-0.25, -0.2) is 9.78 Å². The van der Waals surface area contributed by atoms with Gasteiger partial charge in [-0.3, -0.25) is 0 Å². The second-order valence-corrected chi connectivity index (χ2v) is 5.22. The first-order valence-corrected chi connectivity index (χ1v) is 6.53. The number of rotatable bonds is 2. The van der Waals surface area contributed by atoms with Gasteiger partial charge in [-0.15, -0.1) is 0 Å². The predicted octanol–water partition coefficient (Wildman–Crippen LogP) is 2.83. The number of benzene rings is 1. The van der Waals surface area contributed by atoms with Crippen LogP contribution >= 0.6 is 0 Å². The van der Waals surface area contributed by atoms with Crippen LogP contribution in [0.4, 0.5) is 0 Å². The molecule has 4 nitrogen and oxygen atoms in total. The Bertz CT molecular complexity index is 631. The molecule has 2 heterocycles. The molecule has 1 aromatic carbocycles. The van der Waals surface area contributed by atoms with Crippen molar-refractivity contribution in [2.75, 3.05) is 0 Å². The van der Waals surface area contributed by atoms with Crippen molar-refractivity contribution in [3.63, 3.8) is 0 Å². The molecule has 0 spiro atoms. The largest absolute Gasteiger partial charge is 0.478 e. The minimum Gasteiger partial charge on any atom is -0.478 e. The van der Waals surface area contributed by atoms with Crippen molar-refractivity contribution in [1.29, 1.82) is 0 Å². The SMILES string of the molecule is CC1CCc2nc(-c3cccc(C(=O)O)c3)cn2C1. The van der Waals surface area contributed by atoms with Gasteiger partial charge in [0, 0.05) is 24.7 Å². The lowest BCUT2D eigenvalue weighted by Crippen LogP contribution is -2.17.